The Balaban J connectivity index is 1.73. The van der Waals surface area contributed by atoms with Crippen LogP contribution in [0.4, 0.5) is 14.5 Å². The number of rotatable bonds is 5. The maximum absolute atomic E-state index is 13.2. The van der Waals surface area contributed by atoms with E-state index in [1.54, 1.807) is 11.3 Å². The van der Waals surface area contributed by atoms with Crippen LogP contribution in [0.5, 0.6) is 0 Å². The molecule has 0 fully saturated rings. The van der Waals surface area contributed by atoms with Gasteiger partial charge in [-0.25, -0.2) is 8.78 Å². The quantitative estimate of drug-likeness (QED) is 0.767. The molecule has 1 aromatic carbocycles. The SMILES string of the molecule is CCC1=CC(c2ccc(CNc3cc(F)cc(F)c3)s2)=C(C)NC1. The standard InChI is InChI=1S/C19H20F2N2S/c1-3-13-6-18(12(2)22-10-13)19-5-4-17(24-19)11-23-16-8-14(20)7-15(21)9-16/h4-9,22-23H,3,10-11H2,1-2H3. The number of thiophene rings is 1. The van der Waals surface area contributed by atoms with Crippen molar-refractivity contribution in [1.29, 1.82) is 0 Å². The molecule has 126 valence electrons. The van der Waals surface area contributed by atoms with Gasteiger partial charge in [0, 0.05) is 45.9 Å². The van der Waals surface area contributed by atoms with Gasteiger partial charge in [0.15, 0.2) is 0 Å². The molecule has 1 aromatic heterocycles. The zero-order valence-corrected chi connectivity index (χ0v) is 14.6. The van der Waals surface area contributed by atoms with Gasteiger partial charge in [-0.15, -0.1) is 11.3 Å². The summed E-state index contributed by atoms with van der Waals surface area (Å²) >= 11 is 1.69. The van der Waals surface area contributed by atoms with Gasteiger partial charge in [0.05, 0.1) is 0 Å². The molecule has 0 atom stereocenters. The number of hydrogen-bond donors (Lipinski definition) is 2. The molecule has 0 bridgehead atoms. The number of benzene rings is 1. The summed E-state index contributed by atoms with van der Waals surface area (Å²) in [6, 6.07) is 7.62. The van der Waals surface area contributed by atoms with Gasteiger partial charge in [-0.05, 0) is 37.6 Å². The summed E-state index contributed by atoms with van der Waals surface area (Å²) in [7, 11) is 0. The fourth-order valence-electron chi connectivity index (χ4n) is 2.65. The lowest BCUT2D eigenvalue weighted by Crippen LogP contribution is -2.19. The van der Waals surface area contributed by atoms with Crippen molar-refractivity contribution >= 4 is 22.6 Å². The van der Waals surface area contributed by atoms with Crippen molar-refractivity contribution in [2.75, 3.05) is 11.9 Å². The van der Waals surface area contributed by atoms with E-state index in [1.165, 1.54) is 33.9 Å². The van der Waals surface area contributed by atoms with Crippen LogP contribution in [0, 0.1) is 11.6 Å². The first-order chi connectivity index (χ1) is 11.5. The van der Waals surface area contributed by atoms with Crippen LogP contribution in [0.1, 0.15) is 30.0 Å². The van der Waals surface area contributed by atoms with Crippen LogP contribution < -0.4 is 10.6 Å². The first-order valence-electron chi connectivity index (χ1n) is 7.98. The molecule has 3 rings (SSSR count). The van der Waals surface area contributed by atoms with Gasteiger partial charge in [0.25, 0.3) is 0 Å². The molecule has 0 unspecified atom stereocenters. The van der Waals surface area contributed by atoms with Gasteiger partial charge < -0.3 is 10.6 Å². The van der Waals surface area contributed by atoms with E-state index in [0.717, 1.165) is 23.9 Å². The summed E-state index contributed by atoms with van der Waals surface area (Å²) in [5, 5.41) is 6.50. The Morgan fingerprint density at radius 2 is 1.92 bits per heavy atom. The van der Waals surface area contributed by atoms with Crippen LogP contribution in [0.3, 0.4) is 0 Å². The second-order valence-corrected chi connectivity index (χ2v) is 6.99. The third kappa shape index (κ3) is 3.85. The zero-order valence-electron chi connectivity index (χ0n) is 13.7. The maximum Gasteiger partial charge on any atom is 0.128 e. The molecular formula is C19H20F2N2S. The van der Waals surface area contributed by atoms with Gasteiger partial charge in [-0.2, -0.15) is 0 Å². The number of halogens is 2. The van der Waals surface area contributed by atoms with E-state index in [0.29, 0.717) is 12.2 Å². The summed E-state index contributed by atoms with van der Waals surface area (Å²) in [4.78, 5) is 2.32. The fourth-order valence-corrected chi connectivity index (χ4v) is 3.67. The lowest BCUT2D eigenvalue weighted by molar-refractivity contribution is 0.584. The van der Waals surface area contributed by atoms with E-state index in [2.05, 4.69) is 42.7 Å². The Morgan fingerprint density at radius 3 is 2.62 bits per heavy atom. The molecule has 1 aliphatic rings. The highest BCUT2D eigenvalue weighted by atomic mass is 32.1. The molecule has 5 heteroatoms. The van der Waals surface area contributed by atoms with E-state index < -0.39 is 11.6 Å². The highest BCUT2D eigenvalue weighted by Crippen LogP contribution is 2.30. The van der Waals surface area contributed by atoms with Crippen LogP contribution in [-0.4, -0.2) is 6.54 Å². The fraction of sp³-hybridized carbons (Fsp3) is 0.263. The van der Waals surface area contributed by atoms with Crippen LogP contribution >= 0.6 is 11.3 Å². The molecule has 0 spiro atoms. The Kier molecular flexibility index (Phi) is 5.00. The number of nitrogens with one attached hydrogen (secondary N) is 2. The monoisotopic (exact) mass is 346 g/mol. The van der Waals surface area contributed by atoms with Gasteiger partial charge in [-0.3, -0.25) is 0 Å². The molecule has 2 heterocycles. The van der Waals surface area contributed by atoms with Crippen LogP contribution in [0.2, 0.25) is 0 Å². The van der Waals surface area contributed by atoms with Gasteiger partial charge in [0.2, 0.25) is 0 Å². The maximum atomic E-state index is 13.2. The van der Waals surface area contributed by atoms with Crippen molar-refractivity contribution < 1.29 is 8.78 Å². The molecule has 0 aliphatic carbocycles. The number of allylic oxidation sites excluding steroid dienone is 3. The molecular weight excluding hydrogens is 326 g/mol. The molecule has 2 aromatic rings. The Bertz CT molecular complexity index is 785. The molecule has 24 heavy (non-hydrogen) atoms. The molecule has 0 saturated carbocycles. The first-order valence-corrected chi connectivity index (χ1v) is 8.80. The van der Waals surface area contributed by atoms with Crippen molar-refractivity contribution in [1.82, 2.24) is 5.32 Å². The molecule has 0 saturated heterocycles. The topological polar surface area (TPSA) is 24.1 Å². The highest BCUT2D eigenvalue weighted by Gasteiger charge is 2.12. The van der Waals surface area contributed by atoms with Crippen LogP contribution in [-0.2, 0) is 6.54 Å². The van der Waals surface area contributed by atoms with Crippen molar-refractivity contribution in [2.24, 2.45) is 0 Å². The second kappa shape index (κ2) is 7.18. The smallest absolute Gasteiger partial charge is 0.128 e. The van der Waals surface area contributed by atoms with E-state index in [1.807, 2.05) is 0 Å². The van der Waals surface area contributed by atoms with Crippen molar-refractivity contribution in [3.8, 4) is 0 Å². The second-order valence-electron chi connectivity index (χ2n) is 5.83. The third-order valence-corrected chi connectivity index (χ3v) is 5.16. The van der Waals surface area contributed by atoms with Crippen LogP contribution in [0.15, 0.2) is 47.7 Å². The third-order valence-electron chi connectivity index (χ3n) is 4.04. The number of dihydropyridines is 1. The number of hydrogen-bond acceptors (Lipinski definition) is 3. The van der Waals surface area contributed by atoms with Gasteiger partial charge in [0.1, 0.15) is 11.6 Å². The lowest BCUT2D eigenvalue weighted by Gasteiger charge is -2.18. The summed E-state index contributed by atoms with van der Waals surface area (Å²) in [5.41, 5.74) is 4.25. The molecule has 2 nitrogen and oxygen atoms in total. The van der Waals surface area contributed by atoms with E-state index in [4.69, 9.17) is 0 Å². The first kappa shape index (κ1) is 16.7. The van der Waals surface area contributed by atoms with E-state index in [-0.39, 0.29) is 0 Å². The van der Waals surface area contributed by atoms with E-state index >= 15 is 0 Å². The molecule has 1 aliphatic heterocycles. The largest absolute Gasteiger partial charge is 0.384 e. The normalized spacial score (nSPS) is 14.4. The predicted octanol–water partition coefficient (Wildman–Crippen LogP) is 5.31. The van der Waals surface area contributed by atoms with Gasteiger partial charge >= 0.3 is 0 Å². The minimum atomic E-state index is -0.573. The molecule has 0 amide bonds. The van der Waals surface area contributed by atoms with E-state index in [9.17, 15) is 8.78 Å². The summed E-state index contributed by atoms with van der Waals surface area (Å²) in [6.07, 6.45) is 3.30. The predicted molar refractivity (Wildman–Crippen MR) is 97.0 cm³/mol. The van der Waals surface area contributed by atoms with Crippen LogP contribution in [0.25, 0.3) is 5.57 Å². The lowest BCUT2D eigenvalue weighted by atomic mass is 10.0. The van der Waals surface area contributed by atoms with Crippen molar-refractivity contribution in [2.45, 2.75) is 26.8 Å². The summed E-state index contributed by atoms with van der Waals surface area (Å²) < 4.78 is 26.4. The summed E-state index contributed by atoms with van der Waals surface area (Å²) in [5.74, 6) is -1.15. The van der Waals surface area contributed by atoms with Crippen molar-refractivity contribution in [3.05, 3.63) is 69.1 Å². The van der Waals surface area contributed by atoms with Crippen molar-refractivity contribution in [3.63, 3.8) is 0 Å². The number of anilines is 1. The average Bonchev–Trinajstić information content (AvgIpc) is 3.01. The Hall–Kier alpha value is -2.14. The summed E-state index contributed by atoms with van der Waals surface area (Å²) in [6.45, 7) is 5.70. The minimum Gasteiger partial charge on any atom is -0.384 e. The Labute approximate surface area is 144 Å². The minimum absolute atomic E-state index is 0.449. The highest BCUT2D eigenvalue weighted by molar-refractivity contribution is 7.13. The van der Waals surface area contributed by atoms with Gasteiger partial charge in [-0.1, -0.05) is 18.6 Å². The Morgan fingerprint density at radius 1 is 1.17 bits per heavy atom. The zero-order chi connectivity index (χ0) is 17.1. The average molecular weight is 346 g/mol. The molecule has 0 radical (unpaired) electrons. The molecule has 2 N–H and O–H groups in total.